The Morgan fingerprint density at radius 3 is 1.55 bits per heavy atom. The molecule has 8 heteroatoms. The van der Waals surface area contributed by atoms with E-state index in [-0.39, 0.29) is 49.1 Å². The Hall–Kier alpha value is -3.23. The number of carbonyl (C=O) groups is 3. The molecule has 55 heavy (non-hydrogen) atoms. The summed E-state index contributed by atoms with van der Waals surface area (Å²) in [5.41, 5.74) is 0. The maximum absolute atomic E-state index is 12.7. The van der Waals surface area contributed by atoms with E-state index in [1.165, 1.54) is 32.1 Å². The van der Waals surface area contributed by atoms with Crippen LogP contribution in [0.5, 0.6) is 0 Å². The van der Waals surface area contributed by atoms with Crippen LogP contribution in [-0.2, 0) is 28.6 Å². The van der Waals surface area contributed by atoms with Crippen molar-refractivity contribution in [1.82, 2.24) is 0 Å². The zero-order chi connectivity index (χ0) is 40.7. The normalized spacial score (nSPS) is 13.7. The van der Waals surface area contributed by atoms with E-state index in [0.29, 0.717) is 12.8 Å². The zero-order valence-corrected chi connectivity index (χ0v) is 35.6. The molecule has 0 bridgehead atoms. The van der Waals surface area contributed by atoms with Crippen molar-refractivity contribution in [3.05, 3.63) is 72.9 Å². The van der Waals surface area contributed by atoms with E-state index in [0.717, 1.165) is 83.5 Å². The van der Waals surface area contributed by atoms with Crippen molar-refractivity contribution in [2.75, 3.05) is 41.0 Å². The van der Waals surface area contributed by atoms with Crippen molar-refractivity contribution < 1.29 is 38.2 Å². The van der Waals surface area contributed by atoms with Crippen molar-refractivity contribution in [2.45, 2.75) is 167 Å². The van der Waals surface area contributed by atoms with Crippen LogP contribution in [0, 0.1) is 0 Å². The summed E-state index contributed by atoms with van der Waals surface area (Å²) in [5.74, 6) is -1.80. The third kappa shape index (κ3) is 36.2. The van der Waals surface area contributed by atoms with Gasteiger partial charge in [0.25, 0.3) is 0 Å². The molecular weight excluding hydrogens is 691 g/mol. The Bertz CT molecular complexity index is 1130. The fraction of sp³-hybridized carbons (Fsp3) is 0.681. The van der Waals surface area contributed by atoms with Gasteiger partial charge in [-0.1, -0.05) is 125 Å². The molecule has 0 rings (SSSR count). The highest BCUT2D eigenvalue weighted by molar-refractivity contribution is 5.70. The van der Waals surface area contributed by atoms with E-state index in [1.807, 2.05) is 0 Å². The molecule has 0 aliphatic heterocycles. The lowest BCUT2D eigenvalue weighted by Crippen LogP contribution is -2.55. The molecule has 0 aromatic carbocycles. The van der Waals surface area contributed by atoms with Gasteiger partial charge in [-0.2, -0.15) is 0 Å². The number of hydrogen-bond acceptors (Lipinski definition) is 7. The maximum Gasteiger partial charge on any atom is 0.306 e. The van der Waals surface area contributed by atoms with E-state index in [9.17, 15) is 19.5 Å². The SMILES string of the molecule is CC/C=C\C/C=C\C/C=C\C/C=C\C/C=C\CCCCCC(=O)OC(COCCC(C(=O)[O-])[N+](C)(C)C)COC(=O)CCCCCCC/C=C\CCCCC. The molecule has 0 saturated carbocycles. The summed E-state index contributed by atoms with van der Waals surface area (Å²) in [6.45, 7) is 4.46. The van der Waals surface area contributed by atoms with Gasteiger partial charge in [-0.15, -0.1) is 0 Å². The van der Waals surface area contributed by atoms with Gasteiger partial charge in [0.1, 0.15) is 12.6 Å². The van der Waals surface area contributed by atoms with Gasteiger partial charge in [-0.3, -0.25) is 9.59 Å². The van der Waals surface area contributed by atoms with Crippen LogP contribution in [0.4, 0.5) is 0 Å². The minimum Gasteiger partial charge on any atom is -0.544 e. The van der Waals surface area contributed by atoms with Crippen molar-refractivity contribution in [1.29, 1.82) is 0 Å². The van der Waals surface area contributed by atoms with Crippen LogP contribution < -0.4 is 5.11 Å². The lowest BCUT2D eigenvalue weighted by molar-refractivity contribution is -0.889. The third-order valence-corrected chi connectivity index (χ3v) is 9.08. The first-order chi connectivity index (χ1) is 26.6. The number of esters is 2. The molecule has 2 atom stereocenters. The molecule has 0 aliphatic carbocycles. The average molecular weight is 770 g/mol. The highest BCUT2D eigenvalue weighted by Crippen LogP contribution is 2.12. The van der Waals surface area contributed by atoms with E-state index >= 15 is 0 Å². The number of unbranched alkanes of at least 4 members (excludes halogenated alkanes) is 11. The monoisotopic (exact) mass is 770 g/mol. The highest BCUT2D eigenvalue weighted by Gasteiger charge is 2.25. The molecule has 0 N–H and O–H groups in total. The standard InChI is InChI=1S/C47H79NO7/c1-6-8-10-12-14-16-18-20-21-22-23-24-25-26-28-30-32-34-36-38-46(50)55-43(41-53-40-39-44(47(51)52)48(3,4)5)42-54-45(49)37-35-33-31-29-27-19-17-15-13-11-9-7-2/h8,10,14-17,20-21,23-24,26,28,43-44H,6-7,9,11-13,18-19,22,25,27,29-42H2,1-5H3/b10-8-,16-14-,17-15-,21-20-,24-23-,28-26-. The molecule has 0 heterocycles. The predicted molar refractivity (Wildman–Crippen MR) is 226 cm³/mol. The molecule has 2 unspecified atom stereocenters. The number of aliphatic carboxylic acids is 1. The Labute approximate surface area is 336 Å². The summed E-state index contributed by atoms with van der Waals surface area (Å²) in [4.78, 5) is 36.8. The molecule has 8 nitrogen and oxygen atoms in total. The molecular formula is C47H79NO7. The number of carboxylic acids is 1. The fourth-order valence-corrected chi connectivity index (χ4v) is 5.74. The van der Waals surface area contributed by atoms with Crippen LogP contribution in [0.1, 0.15) is 155 Å². The Kier molecular flexibility index (Phi) is 35.5. The summed E-state index contributed by atoms with van der Waals surface area (Å²) in [7, 11) is 5.38. The van der Waals surface area contributed by atoms with Crippen molar-refractivity contribution in [2.24, 2.45) is 0 Å². The van der Waals surface area contributed by atoms with Gasteiger partial charge >= 0.3 is 11.9 Å². The maximum atomic E-state index is 12.7. The third-order valence-electron chi connectivity index (χ3n) is 9.08. The minimum absolute atomic E-state index is 0.0209. The van der Waals surface area contributed by atoms with Gasteiger partial charge < -0.3 is 28.6 Å². The van der Waals surface area contributed by atoms with E-state index in [4.69, 9.17) is 14.2 Å². The second-order valence-corrected chi connectivity index (χ2v) is 15.2. The van der Waals surface area contributed by atoms with Crippen LogP contribution in [0.2, 0.25) is 0 Å². The zero-order valence-electron chi connectivity index (χ0n) is 35.6. The molecule has 0 amide bonds. The Morgan fingerprint density at radius 1 is 0.564 bits per heavy atom. The number of likely N-dealkylation sites (N-methyl/N-ethyl adjacent to an activating group) is 1. The van der Waals surface area contributed by atoms with Crippen LogP contribution in [0.3, 0.4) is 0 Å². The number of ether oxygens (including phenoxy) is 3. The summed E-state index contributed by atoms with van der Waals surface area (Å²) >= 11 is 0. The summed E-state index contributed by atoms with van der Waals surface area (Å²) in [6, 6.07) is -0.736. The van der Waals surface area contributed by atoms with E-state index in [2.05, 4.69) is 86.8 Å². The molecule has 0 aromatic heterocycles. The first kappa shape index (κ1) is 51.8. The van der Waals surface area contributed by atoms with Gasteiger partial charge in [-0.05, 0) is 83.5 Å². The number of quaternary nitrogens is 1. The topological polar surface area (TPSA) is 102 Å². The predicted octanol–water partition coefficient (Wildman–Crippen LogP) is 10.2. The summed E-state index contributed by atoms with van der Waals surface area (Å²) < 4.78 is 17.1. The van der Waals surface area contributed by atoms with Crippen LogP contribution in [0.25, 0.3) is 0 Å². The van der Waals surface area contributed by atoms with Gasteiger partial charge in [-0.25, -0.2) is 0 Å². The summed E-state index contributed by atoms with van der Waals surface area (Å²) in [6.07, 6.45) is 46.4. The lowest BCUT2D eigenvalue weighted by Gasteiger charge is -2.34. The number of allylic oxidation sites excluding steroid dienone is 12. The first-order valence-electron chi connectivity index (χ1n) is 21.5. The summed E-state index contributed by atoms with van der Waals surface area (Å²) in [5, 5.41) is 11.6. The van der Waals surface area contributed by atoms with Gasteiger partial charge in [0.15, 0.2) is 6.10 Å². The molecule has 0 saturated heterocycles. The number of carbonyl (C=O) groups excluding carboxylic acids is 3. The fourth-order valence-electron chi connectivity index (χ4n) is 5.74. The quantitative estimate of drug-likeness (QED) is 0.0268. The van der Waals surface area contributed by atoms with Crippen LogP contribution >= 0.6 is 0 Å². The smallest absolute Gasteiger partial charge is 0.306 e. The van der Waals surface area contributed by atoms with Gasteiger partial charge in [0.05, 0.1) is 40.3 Å². The van der Waals surface area contributed by atoms with E-state index < -0.39 is 18.1 Å². The van der Waals surface area contributed by atoms with E-state index in [1.54, 1.807) is 21.1 Å². The number of hydrogen-bond donors (Lipinski definition) is 0. The molecule has 314 valence electrons. The molecule has 0 spiro atoms. The van der Waals surface area contributed by atoms with Crippen LogP contribution in [0.15, 0.2) is 72.9 Å². The minimum atomic E-state index is -1.14. The van der Waals surface area contributed by atoms with Crippen molar-refractivity contribution in [3.63, 3.8) is 0 Å². The lowest BCUT2D eigenvalue weighted by atomic mass is 10.1. The second kappa shape index (κ2) is 37.7. The van der Waals surface area contributed by atoms with Crippen molar-refractivity contribution >= 4 is 17.9 Å². The van der Waals surface area contributed by atoms with Gasteiger partial charge in [0, 0.05) is 19.3 Å². The Morgan fingerprint density at radius 2 is 1.02 bits per heavy atom. The molecule has 0 aromatic rings. The van der Waals surface area contributed by atoms with Crippen molar-refractivity contribution in [3.8, 4) is 0 Å². The molecule has 0 radical (unpaired) electrons. The first-order valence-corrected chi connectivity index (χ1v) is 21.5. The van der Waals surface area contributed by atoms with Gasteiger partial charge in [0.2, 0.25) is 0 Å². The molecule has 0 aliphatic rings. The Balaban J connectivity index is 4.45. The molecule has 0 fully saturated rings. The largest absolute Gasteiger partial charge is 0.544 e. The van der Waals surface area contributed by atoms with Crippen LogP contribution in [-0.4, -0.2) is 75.5 Å². The second-order valence-electron chi connectivity index (χ2n) is 15.2. The number of carboxylic acid groups (broad SMARTS) is 1. The highest BCUT2D eigenvalue weighted by atomic mass is 16.6. The number of nitrogens with zero attached hydrogens (tertiary/aromatic N) is 1. The average Bonchev–Trinajstić information content (AvgIpc) is 3.14. The number of rotatable bonds is 37.